The van der Waals surface area contributed by atoms with Gasteiger partial charge in [-0.15, -0.1) is 0 Å². The largest absolute Gasteiger partial charge is 1.00 e. The van der Waals surface area contributed by atoms with Crippen LogP contribution >= 0.6 is 0 Å². The molecule has 1 aliphatic heterocycles. The molecular weight excluding hydrogens is 255 g/mol. The number of rotatable bonds is 3. The zero-order valence-corrected chi connectivity index (χ0v) is 13.0. The van der Waals surface area contributed by atoms with E-state index in [4.69, 9.17) is 0 Å². The van der Waals surface area contributed by atoms with E-state index in [1.54, 1.807) is 6.92 Å². The Morgan fingerprint density at radius 2 is 1.89 bits per heavy atom. The average Bonchev–Trinajstić information content (AvgIpc) is 2.35. The summed E-state index contributed by atoms with van der Waals surface area (Å²) in [6.45, 7) is 1.74. The smallest absolute Gasteiger partial charge is 0.861 e. The maximum atomic E-state index is 12.0. The van der Waals surface area contributed by atoms with Crippen LogP contribution < -0.4 is 40.0 Å². The van der Waals surface area contributed by atoms with E-state index in [-0.39, 0.29) is 36.0 Å². The van der Waals surface area contributed by atoms with E-state index in [9.17, 15) is 14.7 Å². The molecule has 1 N–H and O–H groups in total. The van der Waals surface area contributed by atoms with E-state index in [0.29, 0.717) is 6.42 Å². The predicted molar refractivity (Wildman–Crippen MR) is 63.8 cm³/mol. The molecule has 0 radical (unpaired) electrons. The zero-order chi connectivity index (χ0) is 13.2. The molecule has 1 atom stereocenters. The molecule has 1 aromatic rings. The summed E-state index contributed by atoms with van der Waals surface area (Å²) in [6.07, 6.45) is 0.565. The summed E-state index contributed by atoms with van der Waals surface area (Å²) < 4.78 is 0. The van der Waals surface area contributed by atoms with Crippen LogP contribution in [0, 0.1) is 5.41 Å². The first-order valence-corrected chi connectivity index (χ1v) is 5.74. The molecule has 0 saturated carbocycles. The number of hydrogen-bond donors (Lipinski definition) is 1. The summed E-state index contributed by atoms with van der Waals surface area (Å²) in [5, 5.41) is 14.0. The van der Waals surface area contributed by atoms with Gasteiger partial charge in [-0.25, -0.2) is 9.79 Å². The normalized spacial score (nSPS) is 22.3. The van der Waals surface area contributed by atoms with Crippen molar-refractivity contribution in [2.24, 2.45) is 10.4 Å². The number of carbonyl (C=O) groups excluding carboxylic acids is 2. The van der Waals surface area contributed by atoms with Crippen molar-refractivity contribution < 1.29 is 44.3 Å². The number of carbonyl (C=O) groups is 2. The first-order valence-electron chi connectivity index (χ1n) is 5.74. The molecule has 3 amide bonds. The van der Waals surface area contributed by atoms with Crippen LogP contribution in [-0.4, -0.2) is 17.8 Å². The second-order valence-corrected chi connectivity index (χ2v) is 4.27. The molecule has 0 saturated heterocycles. The van der Waals surface area contributed by atoms with Crippen molar-refractivity contribution in [1.82, 2.24) is 5.32 Å². The number of nitrogens with one attached hydrogen (secondary N) is 1. The molecule has 1 unspecified atom stereocenters. The Morgan fingerprint density at radius 1 is 1.26 bits per heavy atom. The Morgan fingerprint density at radius 3 is 2.42 bits per heavy atom. The van der Waals surface area contributed by atoms with Crippen LogP contribution in [0.15, 0.2) is 35.3 Å². The number of nitrogens with zero attached hydrogens (tertiary/aromatic N) is 1. The number of urea groups is 1. The Kier molecular flexibility index (Phi) is 5.29. The minimum Gasteiger partial charge on any atom is -0.861 e. The molecular formula is C13H13N2NaO3. The summed E-state index contributed by atoms with van der Waals surface area (Å²) in [6, 6.07) is 8.35. The minimum atomic E-state index is -1.25. The predicted octanol–water partition coefficient (Wildman–Crippen LogP) is -2.36. The van der Waals surface area contributed by atoms with Gasteiger partial charge in [0.15, 0.2) is 0 Å². The second-order valence-electron chi connectivity index (χ2n) is 4.27. The van der Waals surface area contributed by atoms with Gasteiger partial charge in [-0.05, 0) is 24.3 Å². The number of imide groups is 1. The zero-order valence-electron chi connectivity index (χ0n) is 11.0. The van der Waals surface area contributed by atoms with Gasteiger partial charge in [-0.2, -0.15) is 0 Å². The first kappa shape index (κ1) is 15.9. The molecule has 6 heteroatoms. The fraction of sp³-hybridized carbons (Fsp3) is 0.308. The third-order valence-electron chi connectivity index (χ3n) is 3.22. The molecule has 5 nitrogen and oxygen atoms in total. The summed E-state index contributed by atoms with van der Waals surface area (Å²) in [7, 11) is 0. The van der Waals surface area contributed by atoms with Crippen LogP contribution in [0.2, 0.25) is 0 Å². The quantitative estimate of drug-likeness (QED) is 0.623. The molecule has 2 rings (SSSR count). The van der Waals surface area contributed by atoms with Crippen LogP contribution in [0.5, 0.6) is 0 Å². The van der Waals surface area contributed by atoms with Crippen molar-refractivity contribution >= 4 is 17.8 Å². The van der Waals surface area contributed by atoms with Gasteiger partial charge in [0.2, 0.25) is 5.91 Å². The van der Waals surface area contributed by atoms with Crippen molar-refractivity contribution in [2.75, 3.05) is 0 Å². The van der Waals surface area contributed by atoms with Gasteiger partial charge in [0.05, 0.1) is 5.41 Å². The fourth-order valence-electron chi connectivity index (χ4n) is 2.08. The van der Waals surface area contributed by atoms with E-state index >= 15 is 0 Å². The van der Waals surface area contributed by atoms with Gasteiger partial charge in [-0.3, -0.25) is 10.1 Å². The van der Waals surface area contributed by atoms with Crippen molar-refractivity contribution in [3.05, 3.63) is 35.9 Å². The molecule has 0 fully saturated rings. The van der Waals surface area contributed by atoms with Gasteiger partial charge in [-0.1, -0.05) is 37.3 Å². The van der Waals surface area contributed by atoms with Crippen LogP contribution in [-0.2, 0) is 11.2 Å². The molecule has 0 aromatic heterocycles. The first-order chi connectivity index (χ1) is 8.58. The summed E-state index contributed by atoms with van der Waals surface area (Å²) in [4.78, 5) is 26.3. The maximum Gasteiger partial charge on any atom is 1.00 e. The molecule has 0 spiro atoms. The van der Waals surface area contributed by atoms with Gasteiger partial charge >= 0.3 is 35.6 Å². The van der Waals surface area contributed by atoms with Gasteiger partial charge < -0.3 is 5.11 Å². The summed E-state index contributed by atoms with van der Waals surface area (Å²) in [5.41, 5.74) is -0.387. The molecule has 19 heavy (non-hydrogen) atoms. The Bertz CT molecular complexity index is 516. The third-order valence-corrected chi connectivity index (χ3v) is 3.22. The average molecular weight is 268 g/mol. The van der Waals surface area contributed by atoms with Gasteiger partial charge in [0.25, 0.3) is 0 Å². The number of aliphatic imine (C=N–C) groups is 1. The Hall–Kier alpha value is -1.17. The molecule has 94 valence electrons. The number of hydrogen-bond acceptors (Lipinski definition) is 3. The minimum absolute atomic E-state index is 0. The Labute approximate surface area is 133 Å². The second kappa shape index (κ2) is 6.32. The van der Waals surface area contributed by atoms with Crippen molar-refractivity contribution in [1.29, 1.82) is 0 Å². The number of benzene rings is 1. The van der Waals surface area contributed by atoms with E-state index in [0.717, 1.165) is 5.56 Å². The topological polar surface area (TPSA) is 81.6 Å². The van der Waals surface area contributed by atoms with Crippen LogP contribution in [0.4, 0.5) is 4.79 Å². The van der Waals surface area contributed by atoms with Crippen LogP contribution in [0.3, 0.4) is 0 Å². The molecule has 1 heterocycles. The summed E-state index contributed by atoms with van der Waals surface area (Å²) >= 11 is 0. The van der Waals surface area contributed by atoms with Gasteiger partial charge in [0, 0.05) is 0 Å². The maximum absolute atomic E-state index is 12.0. The molecule has 1 aliphatic rings. The third kappa shape index (κ3) is 3.05. The van der Waals surface area contributed by atoms with Crippen LogP contribution in [0.1, 0.15) is 18.9 Å². The van der Waals surface area contributed by atoms with Gasteiger partial charge in [0.1, 0.15) is 0 Å². The summed E-state index contributed by atoms with van der Waals surface area (Å²) in [5.74, 6) is -1.21. The van der Waals surface area contributed by atoms with Crippen molar-refractivity contribution in [3.63, 3.8) is 0 Å². The monoisotopic (exact) mass is 268 g/mol. The van der Waals surface area contributed by atoms with E-state index in [2.05, 4.69) is 10.3 Å². The number of amides is 3. The van der Waals surface area contributed by atoms with Crippen molar-refractivity contribution in [2.45, 2.75) is 19.8 Å². The molecule has 1 aromatic carbocycles. The standard InChI is InChI=1S/C13H14N2O3.Na/c1-2-13(8-9-6-4-3-5-7-9)10(16)14-12(18)15-11(13)17;/h3-7H,2,8H2,1H3,(H2,14,15,16,17,18);/q;+1/p-1. The SMILES string of the molecule is CCC1(Cc2ccccc2)C(=O)NC(=O)N=C1[O-].[Na+]. The molecule has 0 bridgehead atoms. The van der Waals surface area contributed by atoms with Crippen LogP contribution in [0.25, 0.3) is 0 Å². The van der Waals surface area contributed by atoms with E-state index in [1.807, 2.05) is 30.3 Å². The Balaban J connectivity index is 0.00000180. The fourth-order valence-corrected chi connectivity index (χ4v) is 2.08. The van der Waals surface area contributed by atoms with E-state index in [1.165, 1.54) is 0 Å². The van der Waals surface area contributed by atoms with E-state index < -0.39 is 23.3 Å². The molecule has 0 aliphatic carbocycles. The van der Waals surface area contributed by atoms with Crippen molar-refractivity contribution in [3.8, 4) is 0 Å².